The molecule has 1 aliphatic heterocycles. The Morgan fingerprint density at radius 2 is 1.74 bits per heavy atom. The number of methoxy groups -OCH3 is 2. The highest BCUT2D eigenvalue weighted by Crippen LogP contribution is 2.35. The molecule has 2 aromatic rings. The van der Waals surface area contributed by atoms with Crippen molar-refractivity contribution in [2.24, 2.45) is 0 Å². The number of alkyl halides is 2. The molecule has 3 rings (SSSR count). The first kappa shape index (κ1) is 24.7. The second-order valence-corrected chi connectivity index (χ2v) is 7.79. The van der Waals surface area contributed by atoms with E-state index in [4.69, 9.17) is 9.47 Å². The van der Waals surface area contributed by atoms with E-state index in [9.17, 15) is 23.2 Å². The van der Waals surface area contributed by atoms with Gasteiger partial charge in [-0.3, -0.25) is 14.5 Å². The third kappa shape index (κ3) is 5.03. The predicted octanol–water partition coefficient (Wildman–Crippen LogP) is 2.73. The van der Waals surface area contributed by atoms with Gasteiger partial charge >= 0.3 is 12.6 Å². The van der Waals surface area contributed by atoms with Gasteiger partial charge in [-0.05, 0) is 42.3 Å². The number of nitrogens with one attached hydrogen (secondary N) is 1. The molecule has 1 fully saturated rings. The summed E-state index contributed by atoms with van der Waals surface area (Å²) in [6.45, 7) is -1.70. The van der Waals surface area contributed by atoms with Crippen molar-refractivity contribution < 1.29 is 37.4 Å². The van der Waals surface area contributed by atoms with Gasteiger partial charge in [0.15, 0.2) is 11.5 Å². The second kappa shape index (κ2) is 9.94. The predicted molar refractivity (Wildman–Crippen MR) is 117 cm³/mol. The van der Waals surface area contributed by atoms with E-state index in [1.54, 1.807) is 37.3 Å². The molecule has 0 saturated carbocycles. The van der Waals surface area contributed by atoms with Crippen LogP contribution in [0.1, 0.15) is 18.1 Å². The van der Waals surface area contributed by atoms with E-state index < -0.39 is 36.5 Å². The van der Waals surface area contributed by atoms with Crippen LogP contribution in [0.3, 0.4) is 0 Å². The summed E-state index contributed by atoms with van der Waals surface area (Å²) in [6, 6.07) is 9.98. The van der Waals surface area contributed by atoms with Crippen LogP contribution in [-0.4, -0.2) is 62.1 Å². The molecule has 0 aromatic heterocycles. The Morgan fingerprint density at radius 3 is 2.32 bits per heavy atom. The molecular weight excluding hydrogens is 452 g/mol. The Morgan fingerprint density at radius 1 is 1.09 bits per heavy atom. The zero-order valence-electron chi connectivity index (χ0n) is 19.1. The SMILES string of the molecule is COc1ccc([C@]2(C)NC(=O)N(CC(=O)N(C)Cc3ccc(OC(F)F)cc3)C2=O)cc1OC. The third-order valence-corrected chi connectivity index (χ3v) is 5.52. The van der Waals surface area contributed by atoms with Crippen LogP contribution in [-0.2, 0) is 21.7 Å². The van der Waals surface area contributed by atoms with Crippen molar-refractivity contribution in [2.45, 2.75) is 25.6 Å². The van der Waals surface area contributed by atoms with Crippen LogP contribution >= 0.6 is 0 Å². The summed E-state index contributed by atoms with van der Waals surface area (Å²) in [5.74, 6) is -0.203. The lowest BCUT2D eigenvalue weighted by molar-refractivity contribution is -0.138. The molecule has 0 unspecified atom stereocenters. The van der Waals surface area contributed by atoms with Crippen LogP contribution < -0.4 is 19.5 Å². The first-order valence-corrected chi connectivity index (χ1v) is 10.2. The number of likely N-dealkylation sites (N-methyl/N-ethyl adjacent to an activating group) is 1. The molecule has 1 N–H and O–H groups in total. The van der Waals surface area contributed by atoms with Gasteiger partial charge in [0.25, 0.3) is 5.91 Å². The minimum Gasteiger partial charge on any atom is -0.493 e. The lowest BCUT2D eigenvalue weighted by Crippen LogP contribution is -2.43. The van der Waals surface area contributed by atoms with Crippen LogP contribution in [0.2, 0.25) is 0 Å². The standard InChI is InChI=1S/C23H25F2N3O6/c1-23(15-7-10-17(32-3)18(11-15)33-4)20(30)28(22(31)26-23)13-19(29)27(2)12-14-5-8-16(9-6-14)34-21(24)25/h5-11,21H,12-13H2,1-4H3,(H,26,31)/t23-/m0/s1. The summed E-state index contributed by atoms with van der Waals surface area (Å²) in [7, 11) is 4.45. The molecule has 182 valence electrons. The molecule has 9 nitrogen and oxygen atoms in total. The van der Waals surface area contributed by atoms with E-state index in [2.05, 4.69) is 10.1 Å². The van der Waals surface area contributed by atoms with Crippen LogP contribution in [0.4, 0.5) is 13.6 Å². The number of hydrogen-bond donors (Lipinski definition) is 1. The molecule has 0 bridgehead atoms. The molecular formula is C23H25F2N3O6. The number of imide groups is 1. The topological polar surface area (TPSA) is 97.4 Å². The van der Waals surface area contributed by atoms with Crippen LogP contribution in [0, 0.1) is 0 Å². The highest BCUT2D eigenvalue weighted by molar-refractivity contribution is 6.09. The summed E-state index contributed by atoms with van der Waals surface area (Å²) < 4.78 is 39.3. The summed E-state index contributed by atoms with van der Waals surface area (Å²) in [4.78, 5) is 40.7. The second-order valence-electron chi connectivity index (χ2n) is 7.79. The van der Waals surface area contributed by atoms with E-state index in [1.165, 1.54) is 38.3 Å². The number of carbonyl (C=O) groups excluding carboxylic acids is 3. The molecule has 2 aromatic carbocycles. The molecule has 0 aliphatic carbocycles. The quantitative estimate of drug-likeness (QED) is 0.558. The van der Waals surface area contributed by atoms with Crippen molar-refractivity contribution in [3.8, 4) is 17.2 Å². The Bertz CT molecular complexity index is 1080. The van der Waals surface area contributed by atoms with Gasteiger partial charge in [-0.25, -0.2) is 4.79 Å². The van der Waals surface area contributed by atoms with Gasteiger partial charge in [-0.15, -0.1) is 0 Å². The molecule has 1 aliphatic rings. The largest absolute Gasteiger partial charge is 0.493 e. The van der Waals surface area contributed by atoms with Gasteiger partial charge in [0.05, 0.1) is 14.2 Å². The van der Waals surface area contributed by atoms with Gasteiger partial charge in [-0.2, -0.15) is 8.78 Å². The summed E-state index contributed by atoms with van der Waals surface area (Å²) in [5.41, 5.74) is -0.265. The van der Waals surface area contributed by atoms with E-state index in [0.717, 1.165) is 4.90 Å². The maximum absolute atomic E-state index is 13.2. The van der Waals surface area contributed by atoms with Gasteiger partial charge in [0.1, 0.15) is 17.8 Å². The number of urea groups is 1. The van der Waals surface area contributed by atoms with Crippen LogP contribution in [0.25, 0.3) is 0 Å². The van der Waals surface area contributed by atoms with Gasteiger partial charge < -0.3 is 24.4 Å². The first-order valence-electron chi connectivity index (χ1n) is 10.2. The Labute approximate surface area is 195 Å². The van der Waals surface area contributed by atoms with Crippen molar-refractivity contribution in [2.75, 3.05) is 27.8 Å². The maximum atomic E-state index is 13.2. The van der Waals surface area contributed by atoms with Crippen molar-refractivity contribution in [1.82, 2.24) is 15.1 Å². The van der Waals surface area contributed by atoms with Crippen molar-refractivity contribution in [1.29, 1.82) is 0 Å². The van der Waals surface area contributed by atoms with Crippen molar-refractivity contribution in [3.63, 3.8) is 0 Å². The molecule has 1 heterocycles. The Hall–Kier alpha value is -3.89. The van der Waals surface area contributed by atoms with Crippen molar-refractivity contribution in [3.05, 3.63) is 53.6 Å². The van der Waals surface area contributed by atoms with Gasteiger partial charge in [0, 0.05) is 13.6 Å². The zero-order chi connectivity index (χ0) is 25.0. The fraction of sp³-hybridized carbons (Fsp3) is 0.348. The summed E-state index contributed by atoms with van der Waals surface area (Å²) >= 11 is 0. The molecule has 0 spiro atoms. The van der Waals surface area contributed by atoms with Crippen LogP contribution in [0.15, 0.2) is 42.5 Å². The van der Waals surface area contributed by atoms with E-state index in [1.807, 2.05) is 0 Å². The third-order valence-electron chi connectivity index (χ3n) is 5.52. The average molecular weight is 477 g/mol. The monoisotopic (exact) mass is 477 g/mol. The number of ether oxygens (including phenoxy) is 3. The Balaban J connectivity index is 1.69. The van der Waals surface area contributed by atoms with E-state index in [0.29, 0.717) is 22.6 Å². The molecule has 1 atom stereocenters. The number of benzene rings is 2. The number of rotatable bonds is 9. The number of hydrogen-bond acceptors (Lipinski definition) is 6. The molecule has 1 saturated heterocycles. The number of halogens is 2. The lowest BCUT2D eigenvalue weighted by atomic mass is 9.91. The highest BCUT2D eigenvalue weighted by Gasteiger charge is 2.50. The van der Waals surface area contributed by atoms with Crippen LogP contribution in [0.5, 0.6) is 17.2 Å². The highest BCUT2D eigenvalue weighted by atomic mass is 19.3. The van der Waals surface area contributed by atoms with Gasteiger partial charge in [-0.1, -0.05) is 18.2 Å². The first-order chi connectivity index (χ1) is 16.1. The molecule has 4 amide bonds. The Kier molecular flexibility index (Phi) is 7.23. The molecule has 11 heteroatoms. The number of nitrogens with zero attached hydrogens (tertiary/aromatic N) is 2. The summed E-state index contributed by atoms with van der Waals surface area (Å²) in [6.07, 6.45) is 0. The lowest BCUT2D eigenvalue weighted by Gasteiger charge is -2.24. The fourth-order valence-corrected chi connectivity index (χ4v) is 3.58. The van der Waals surface area contributed by atoms with E-state index in [-0.39, 0.29) is 12.3 Å². The maximum Gasteiger partial charge on any atom is 0.387 e. The van der Waals surface area contributed by atoms with E-state index >= 15 is 0 Å². The smallest absolute Gasteiger partial charge is 0.387 e. The molecule has 0 radical (unpaired) electrons. The zero-order valence-corrected chi connectivity index (χ0v) is 19.1. The van der Waals surface area contributed by atoms with Crippen molar-refractivity contribution >= 4 is 17.8 Å². The number of amides is 4. The summed E-state index contributed by atoms with van der Waals surface area (Å²) in [5, 5.41) is 2.65. The molecule has 34 heavy (non-hydrogen) atoms. The normalized spacial score (nSPS) is 17.6. The number of carbonyl (C=O) groups is 3. The minimum absolute atomic E-state index is 0.00140. The minimum atomic E-state index is -2.93. The average Bonchev–Trinajstić information content (AvgIpc) is 3.03. The fourth-order valence-electron chi connectivity index (χ4n) is 3.58. The van der Waals surface area contributed by atoms with Gasteiger partial charge in [0.2, 0.25) is 5.91 Å².